The fourth-order valence-corrected chi connectivity index (χ4v) is 3.43. The minimum Gasteiger partial charge on any atom is -0.508 e. The first kappa shape index (κ1) is 34.1. The topological polar surface area (TPSA) is 267 Å². The lowest BCUT2D eigenvalue weighted by atomic mass is 10.0. The maximum Gasteiger partial charge on any atom is 0.326 e. The van der Waals surface area contributed by atoms with Crippen LogP contribution in [0.1, 0.15) is 39.2 Å². The molecule has 0 spiro atoms. The van der Waals surface area contributed by atoms with Gasteiger partial charge in [-0.25, -0.2) is 4.79 Å². The largest absolute Gasteiger partial charge is 0.508 e. The summed E-state index contributed by atoms with van der Waals surface area (Å²) in [4.78, 5) is 76.5. The highest BCUT2D eigenvalue weighted by Crippen LogP contribution is 2.11. The fraction of sp³-hybridized carbons (Fsp3) is 0.480. The molecule has 0 aliphatic heterocycles. The van der Waals surface area contributed by atoms with E-state index in [-0.39, 0.29) is 31.1 Å². The minimum absolute atomic E-state index is 0.0406. The third-order valence-electron chi connectivity index (χ3n) is 5.58. The molecule has 1 aromatic carbocycles. The molecule has 1 aromatic rings. The van der Waals surface area contributed by atoms with Gasteiger partial charge in [-0.3, -0.25) is 29.0 Å². The Balaban J connectivity index is 2.58. The van der Waals surface area contributed by atoms with Crippen molar-refractivity contribution < 1.29 is 39.0 Å². The molecule has 1 rings (SSSR count). The number of amides is 5. The lowest BCUT2D eigenvalue weighted by molar-refractivity contribution is -0.142. The average molecular weight is 579 g/mol. The first-order valence-electron chi connectivity index (χ1n) is 12.7. The summed E-state index contributed by atoms with van der Waals surface area (Å²) < 4.78 is 0. The Morgan fingerprint density at radius 1 is 0.854 bits per heavy atom. The van der Waals surface area contributed by atoms with Crippen LogP contribution in [0.5, 0.6) is 5.75 Å². The van der Waals surface area contributed by atoms with Gasteiger partial charge < -0.3 is 48.3 Å². The Bertz CT molecular complexity index is 1120. The number of nitrogens with one attached hydrogen (secondary N) is 5. The minimum atomic E-state index is -1.27. The number of guanidine groups is 1. The molecule has 0 heterocycles. The number of aliphatic imine (C=N–C) groups is 1. The number of nitrogens with two attached hydrogens (primary N) is 2. The first-order valence-corrected chi connectivity index (χ1v) is 12.7. The summed E-state index contributed by atoms with van der Waals surface area (Å²) in [5.41, 5.74) is 11.1. The zero-order valence-electron chi connectivity index (χ0n) is 23.1. The molecule has 226 valence electrons. The second-order valence-electron chi connectivity index (χ2n) is 9.21. The van der Waals surface area contributed by atoms with Gasteiger partial charge in [0.2, 0.25) is 29.5 Å². The fourth-order valence-electron chi connectivity index (χ4n) is 3.43. The number of hydrogen-bond acceptors (Lipinski definition) is 8. The molecule has 0 aromatic heterocycles. The molecular weight excluding hydrogens is 540 g/mol. The monoisotopic (exact) mass is 578 g/mol. The SMILES string of the molecule is CC(=O)N[C@@H](Cc1ccc(O)cc1)C(=O)N[C@@H](C)C(=O)N[C@@H](C)C(=O)NCC(=O)N[C@@H](CCCN=C(N)N)C(=O)O. The molecule has 41 heavy (non-hydrogen) atoms. The first-order chi connectivity index (χ1) is 19.2. The number of rotatable bonds is 16. The van der Waals surface area contributed by atoms with E-state index in [1.807, 2.05) is 0 Å². The third-order valence-corrected chi connectivity index (χ3v) is 5.58. The number of carbonyl (C=O) groups is 6. The van der Waals surface area contributed by atoms with Gasteiger partial charge in [-0.05, 0) is 44.4 Å². The Kier molecular flexibility index (Phi) is 14.1. The highest BCUT2D eigenvalue weighted by Gasteiger charge is 2.26. The van der Waals surface area contributed by atoms with E-state index >= 15 is 0 Å². The third kappa shape index (κ3) is 13.6. The van der Waals surface area contributed by atoms with Gasteiger partial charge in [0.25, 0.3) is 0 Å². The number of aliphatic carboxylic acids is 1. The number of hydrogen-bond donors (Lipinski definition) is 9. The summed E-state index contributed by atoms with van der Waals surface area (Å²) in [6.07, 6.45) is 0.446. The summed E-state index contributed by atoms with van der Waals surface area (Å²) in [6.45, 7) is 3.62. The molecule has 0 radical (unpaired) electrons. The lowest BCUT2D eigenvalue weighted by Crippen LogP contribution is -2.56. The Labute approximate surface area is 236 Å². The van der Waals surface area contributed by atoms with E-state index in [4.69, 9.17) is 11.5 Å². The quantitative estimate of drug-likeness (QED) is 0.0552. The van der Waals surface area contributed by atoms with E-state index in [1.54, 1.807) is 12.1 Å². The van der Waals surface area contributed by atoms with Crippen LogP contribution in [0, 0.1) is 0 Å². The van der Waals surface area contributed by atoms with Crippen molar-refractivity contribution in [3.05, 3.63) is 29.8 Å². The number of benzene rings is 1. The van der Waals surface area contributed by atoms with Crippen LogP contribution in [0.4, 0.5) is 0 Å². The summed E-state index contributed by atoms with van der Waals surface area (Å²) in [5, 5.41) is 30.7. The number of aromatic hydroxyl groups is 1. The lowest BCUT2D eigenvalue weighted by Gasteiger charge is -2.22. The number of phenols is 1. The van der Waals surface area contributed by atoms with Gasteiger partial charge in [-0.2, -0.15) is 0 Å². The van der Waals surface area contributed by atoms with E-state index in [0.29, 0.717) is 12.0 Å². The van der Waals surface area contributed by atoms with Crippen molar-refractivity contribution in [2.75, 3.05) is 13.1 Å². The van der Waals surface area contributed by atoms with Crippen molar-refractivity contribution in [3.8, 4) is 5.75 Å². The van der Waals surface area contributed by atoms with Crippen LogP contribution in [0.25, 0.3) is 0 Å². The van der Waals surface area contributed by atoms with Crippen LogP contribution in [0.2, 0.25) is 0 Å². The van der Waals surface area contributed by atoms with E-state index in [0.717, 1.165) is 0 Å². The highest BCUT2D eigenvalue weighted by atomic mass is 16.4. The smallest absolute Gasteiger partial charge is 0.326 e. The van der Waals surface area contributed by atoms with Crippen LogP contribution in [0.3, 0.4) is 0 Å². The molecule has 0 saturated heterocycles. The van der Waals surface area contributed by atoms with Crippen molar-refractivity contribution in [2.45, 2.75) is 64.2 Å². The van der Waals surface area contributed by atoms with Gasteiger partial charge in [0, 0.05) is 19.9 Å². The molecule has 0 bridgehead atoms. The van der Waals surface area contributed by atoms with Gasteiger partial charge in [0.05, 0.1) is 6.54 Å². The van der Waals surface area contributed by atoms with E-state index in [2.05, 4.69) is 31.6 Å². The Hall–Kier alpha value is -4.89. The zero-order chi connectivity index (χ0) is 31.1. The van der Waals surface area contributed by atoms with Gasteiger partial charge >= 0.3 is 5.97 Å². The molecule has 16 nitrogen and oxygen atoms in total. The molecule has 11 N–H and O–H groups in total. The van der Waals surface area contributed by atoms with Crippen LogP contribution < -0.4 is 38.1 Å². The van der Waals surface area contributed by atoms with Crippen molar-refractivity contribution in [1.82, 2.24) is 26.6 Å². The standard InChI is InChI=1S/C25H38N8O8/c1-13(21(37)29-12-20(36)33-18(24(40)41)5-4-10-28-25(26)27)30-22(38)14(2)31-23(39)19(32-15(3)34)11-16-6-8-17(35)9-7-16/h6-9,13-14,18-19,35H,4-5,10-12H2,1-3H3,(H,29,37)(H,30,38)(H,31,39)(H,32,34)(H,33,36)(H,40,41)(H4,26,27,28)/t13-,14-,18-,19-/m0/s1. The van der Waals surface area contributed by atoms with E-state index in [1.165, 1.54) is 32.9 Å². The molecule has 4 atom stereocenters. The maximum atomic E-state index is 12.8. The molecule has 5 amide bonds. The van der Waals surface area contributed by atoms with Gasteiger partial charge in [-0.15, -0.1) is 0 Å². The van der Waals surface area contributed by atoms with Gasteiger partial charge in [0.1, 0.15) is 29.9 Å². The van der Waals surface area contributed by atoms with Crippen molar-refractivity contribution in [2.24, 2.45) is 16.5 Å². The molecule has 0 aliphatic carbocycles. The zero-order valence-corrected chi connectivity index (χ0v) is 23.1. The second kappa shape index (κ2) is 16.9. The number of carbonyl (C=O) groups excluding carboxylic acids is 5. The van der Waals surface area contributed by atoms with E-state index < -0.39 is 66.2 Å². The van der Waals surface area contributed by atoms with Gasteiger partial charge in [0.15, 0.2) is 5.96 Å². The predicted molar refractivity (Wildman–Crippen MR) is 147 cm³/mol. The molecule has 16 heteroatoms. The molecule has 0 aliphatic rings. The summed E-state index contributed by atoms with van der Waals surface area (Å²) in [5.74, 6) is -4.66. The average Bonchev–Trinajstić information content (AvgIpc) is 2.89. The van der Waals surface area contributed by atoms with Crippen LogP contribution >= 0.6 is 0 Å². The van der Waals surface area contributed by atoms with E-state index in [9.17, 15) is 39.0 Å². The van der Waals surface area contributed by atoms with Crippen molar-refractivity contribution in [1.29, 1.82) is 0 Å². The number of phenolic OH excluding ortho intramolecular Hbond substituents is 1. The maximum absolute atomic E-state index is 12.8. The van der Waals surface area contributed by atoms with Crippen LogP contribution in [-0.2, 0) is 35.2 Å². The summed E-state index contributed by atoms with van der Waals surface area (Å²) in [6, 6.07) is 1.63. The van der Waals surface area contributed by atoms with Crippen LogP contribution in [-0.4, -0.2) is 88.9 Å². The molecule has 0 saturated carbocycles. The molecule has 0 fully saturated rings. The number of carboxylic acid groups (broad SMARTS) is 1. The second-order valence-corrected chi connectivity index (χ2v) is 9.21. The predicted octanol–water partition coefficient (Wildman–Crippen LogP) is -2.81. The highest BCUT2D eigenvalue weighted by molar-refractivity contribution is 5.95. The normalized spacial score (nSPS) is 13.3. The number of carboxylic acids is 1. The van der Waals surface area contributed by atoms with Crippen molar-refractivity contribution >= 4 is 41.5 Å². The molecular formula is C25H38N8O8. The Morgan fingerprint density at radius 2 is 1.44 bits per heavy atom. The number of nitrogens with zero attached hydrogens (tertiary/aromatic N) is 1. The summed E-state index contributed by atoms with van der Waals surface area (Å²) in [7, 11) is 0. The van der Waals surface area contributed by atoms with Crippen molar-refractivity contribution in [3.63, 3.8) is 0 Å². The van der Waals surface area contributed by atoms with Crippen LogP contribution in [0.15, 0.2) is 29.3 Å². The Morgan fingerprint density at radius 3 is 2.00 bits per heavy atom. The molecule has 0 unspecified atom stereocenters. The van der Waals surface area contributed by atoms with Gasteiger partial charge in [-0.1, -0.05) is 12.1 Å². The summed E-state index contributed by atoms with van der Waals surface area (Å²) >= 11 is 0.